The van der Waals surface area contributed by atoms with Gasteiger partial charge in [0.2, 0.25) is 10.0 Å². The first-order chi connectivity index (χ1) is 10.4. The van der Waals surface area contributed by atoms with E-state index < -0.39 is 10.0 Å². The highest BCUT2D eigenvalue weighted by atomic mass is 32.2. The minimum atomic E-state index is -3.42. The van der Waals surface area contributed by atoms with Gasteiger partial charge in [0.1, 0.15) is 0 Å². The molecule has 0 spiro atoms. The van der Waals surface area contributed by atoms with E-state index in [1.807, 2.05) is 26.8 Å². The molecule has 0 aliphatic heterocycles. The van der Waals surface area contributed by atoms with Crippen molar-refractivity contribution in [3.05, 3.63) is 59.2 Å². The molecule has 0 fully saturated rings. The molecule has 0 atom stereocenters. The van der Waals surface area contributed by atoms with Crippen LogP contribution in [-0.2, 0) is 10.0 Å². The summed E-state index contributed by atoms with van der Waals surface area (Å²) in [5.41, 5.74) is 3.30. The van der Waals surface area contributed by atoms with Gasteiger partial charge in [0.15, 0.2) is 0 Å². The van der Waals surface area contributed by atoms with Crippen LogP contribution in [0.4, 0.5) is 0 Å². The lowest BCUT2D eigenvalue weighted by atomic mass is 10.1. The van der Waals surface area contributed by atoms with Gasteiger partial charge < -0.3 is 0 Å². The van der Waals surface area contributed by atoms with Gasteiger partial charge >= 0.3 is 0 Å². The summed E-state index contributed by atoms with van der Waals surface area (Å²) in [6.45, 7) is 6.35. The Morgan fingerprint density at radius 2 is 1.64 bits per heavy atom. The Bertz CT molecular complexity index is 738. The lowest BCUT2D eigenvalue weighted by Gasteiger charge is -2.08. The number of sulfonamides is 1. The van der Waals surface area contributed by atoms with Gasteiger partial charge in [0, 0.05) is 17.2 Å². The maximum Gasteiger partial charge on any atom is 0.240 e. The Morgan fingerprint density at radius 3 is 2.27 bits per heavy atom. The second-order valence-electron chi connectivity index (χ2n) is 5.31. The van der Waals surface area contributed by atoms with Gasteiger partial charge in [-0.05, 0) is 56.2 Å². The summed E-state index contributed by atoms with van der Waals surface area (Å²) < 4.78 is 27.1. The molecule has 0 aliphatic carbocycles. The SMILES string of the molecule is Cc1ccc(SCCNS(=O)(=O)c2ccc(C)c(C)c2)cc1. The van der Waals surface area contributed by atoms with E-state index in [2.05, 4.69) is 29.0 Å². The highest BCUT2D eigenvalue weighted by Gasteiger charge is 2.13. The average Bonchev–Trinajstić information content (AvgIpc) is 2.48. The first-order valence-corrected chi connectivity index (χ1v) is 9.62. The van der Waals surface area contributed by atoms with E-state index in [1.165, 1.54) is 5.56 Å². The fourth-order valence-corrected chi connectivity index (χ4v) is 3.96. The van der Waals surface area contributed by atoms with E-state index in [4.69, 9.17) is 0 Å². The Labute approximate surface area is 137 Å². The van der Waals surface area contributed by atoms with Crippen molar-refractivity contribution in [3.8, 4) is 0 Å². The molecule has 1 N–H and O–H groups in total. The summed E-state index contributed by atoms with van der Waals surface area (Å²) in [4.78, 5) is 1.48. The second-order valence-corrected chi connectivity index (χ2v) is 8.24. The third-order valence-corrected chi connectivity index (χ3v) is 5.94. The van der Waals surface area contributed by atoms with Crippen LogP contribution in [-0.4, -0.2) is 20.7 Å². The Morgan fingerprint density at radius 1 is 0.955 bits per heavy atom. The van der Waals surface area contributed by atoms with E-state index in [9.17, 15) is 8.42 Å². The quantitative estimate of drug-likeness (QED) is 0.647. The molecule has 118 valence electrons. The summed E-state index contributed by atoms with van der Waals surface area (Å²) in [7, 11) is -3.42. The lowest BCUT2D eigenvalue weighted by molar-refractivity contribution is 0.584. The van der Waals surface area contributed by atoms with Gasteiger partial charge in [-0.15, -0.1) is 11.8 Å². The van der Waals surface area contributed by atoms with Crippen LogP contribution in [0.3, 0.4) is 0 Å². The molecule has 0 radical (unpaired) electrons. The first-order valence-electron chi connectivity index (χ1n) is 7.15. The topological polar surface area (TPSA) is 46.2 Å². The van der Waals surface area contributed by atoms with Crippen molar-refractivity contribution in [2.45, 2.75) is 30.6 Å². The maximum atomic E-state index is 12.2. The van der Waals surface area contributed by atoms with Gasteiger partial charge in [0.25, 0.3) is 0 Å². The summed E-state index contributed by atoms with van der Waals surface area (Å²) >= 11 is 1.64. The van der Waals surface area contributed by atoms with Crippen molar-refractivity contribution in [3.63, 3.8) is 0 Å². The zero-order valence-electron chi connectivity index (χ0n) is 13.1. The zero-order valence-corrected chi connectivity index (χ0v) is 14.7. The minimum absolute atomic E-state index is 0.330. The maximum absolute atomic E-state index is 12.2. The molecule has 2 aromatic carbocycles. The van der Waals surface area contributed by atoms with E-state index in [-0.39, 0.29) is 0 Å². The Balaban J connectivity index is 1.89. The molecule has 0 saturated heterocycles. The smallest absolute Gasteiger partial charge is 0.210 e. The van der Waals surface area contributed by atoms with Crippen molar-refractivity contribution < 1.29 is 8.42 Å². The van der Waals surface area contributed by atoms with E-state index in [0.717, 1.165) is 16.0 Å². The van der Waals surface area contributed by atoms with Crippen molar-refractivity contribution in [1.82, 2.24) is 4.72 Å². The molecule has 5 heteroatoms. The fraction of sp³-hybridized carbons (Fsp3) is 0.294. The third-order valence-electron chi connectivity index (χ3n) is 3.47. The normalized spacial score (nSPS) is 11.6. The molecule has 2 aromatic rings. The van der Waals surface area contributed by atoms with Crippen LogP contribution < -0.4 is 4.72 Å². The zero-order chi connectivity index (χ0) is 16.2. The van der Waals surface area contributed by atoms with Crippen molar-refractivity contribution in [2.75, 3.05) is 12.3 Å². The van der Waals surface area contributed by atoms with E-state index in [1.54, 1.807) is 23.9 Å². The molecule has 0 unspecified atom stereocenters. The number of thioether (sulfide) groups is 1. The molecule has 0 saturated carbocycles. The van der Waals surface area contributed by atoms with Gasteiger partial charge in [-0.25, -0.2) is 13.1 Å². The molecule has 0 aliphatic rings. The third kappa shape index (κ3) is 4.60. The molecule has 0 amide bonds. The van der Waals surface area contributed by atoms with Crippen LogP contribution in [0.15, 0.2) is 52.3 Å². The molecular weight excluding hydrogens is 314 g/mol. The number of aryl methyl sites for hydroxylation is 3. The van der Waals surface area contributed by atoms with Gasteiger partial charge in [-0.3, -0.25) is 0 Å². The fourth-order valence-electron chi connectivity index (χ4n) is 1.94. The van der Waals surface area contributed by atoms with Crippen LogP contribution >= 0.6 is 11.8 Å². The molecule has 0 aromatic heterocycles. The van der Waals surface area contributed by atoms with Crippen molar-refractivity contribution in [2.24, 2.45) is 0 Å². The average molecular weight is 335 g/mol. The summed E-state index contributed by atoms with van der Waals surface area (Å²) in [6.07, 6.45) is 0. The standard InChI is InChI=1S/C17H21NO2S2/c1-13-4-7-16(8-5-13)21-11-10-18-22(19,20)17-9-6-14(2)15(3)12-17/h4-9,12,18H,10-11H2,1-3H3. The van der Waals surface area contributed by atoms with Gasteiger partial charge in [0.05, 0.1) is 4.90 Å². The lowest BCUT2D eigenvalue weighted by Crippen LogP contribution is -2.26. The van der Waals surface area contributed by atoms with Gasteiger partial charge in [-0.1, -0.05) is 23.8 Å². The second kappa shape index (κ2) is 7.31. The molecular formula is C17H21NO2S2. The summed E-state index contributed by atoms with van der Waals surface area (Å²) in [5.74, 6) is 0.702. The highest BCUT2D eigenvalue weighted by Crippen LogP contribution is 2.18. The number of nitrogens with one attached hydrogen (secondary N) is 1. The van der Waals surface area contributed by atoms with Crippen LogP contribution in [0.5, 0.6) is 0 Å². The van der Waals surface area contributed by atoms with Crippen LogP contribution in [0, 0.1) is 20.8 Å². The minimum Gasteiger partial charge on any atom is -0.210 e. The van der Waals surface area contributed by atoms with E-state index >= 15 is 0 Å². The molecule has 0 heterocycles. The molecule has 22 heavy (non-hydrogen) atoms. The van der Waals surface area contributed by atoms with Crippen molar-refractivity contribution in [1.29, 1.82) is 0 Å². The van der Waals surface area contributed by atoms with Crippen LogP contribution in [0.2, 0.25) is 0 Å². The first kappa shape index (κ1) is 17.1. The van der Waals surface area contributed by atoms with Crippen LogP contribution in [0.1, 0.15) is 16.7 Å². The van der Waals surface area contributed by atoms with Gasteiger partial charge in [-0.2, -0.15) is 0 Å². The monoisotopic (exact) mass is 335 g/mol. The predicted molar refractivity (Wildman–Crippen MR) is 93.0 cm³/mol. The molecule has 0 bridgehead atoms. The Hall–Kier alpha value is -1.30. The molecule has 2 rings (SSSR count). The van der Waals surface area contributed by atoms with Crippen molar-refractivity contribution >= 4 is 21.8 Å². The number of benzene rings is 2. The highest BCUT2D eigenvalue weighted by molar-refractivity contribution is 7.99. The number of hydrogen-bond acceptors (Lipinski definition) is 3. The van der Waals surface area contributed by atoms with Crippen LogP contribution in [0.25, 0.3) is 0 Å². The summed E-state index contributed by atoms with van der Waals surface area (Å²) in [6, 6.07) is 13.4. The predicted octanol–water partition coefficient (Wildman–Crippen LogP) is 3.68. The summed E-state index contributed by atoms with van der Waals surface area (Å²) in [5, 5.41) is 0. The molecule has 3 nitrogen and oxygen atoms in total. The number of rotatable bonds is 6. The van der Waals surface area contributed by atoms with E-state index in [0.29, 0.717) is 17.2 Å². The largest absolute Gasteiger partial charge is 0.240 e. The number of hydrogen-bond donors (Lipinski definition) is 1. The Kier molecular flexibility index (Phi) is 5.67.